The van der Waals surface area contributed by atoms with E-state index in [0.717, 1.165) is 37.2 Å². The Bertz CT molecular complexity index is 1200. The van der Waals surface area contributed by atoms with E-state index >= 15 is 0 Å². The molecular formula is C34H44O2S2. The summed E-state index contributed by atoms with van der Waals surface area (Å²) in [6.45, 7) is 4.61. The number of ether oxygens (including phenoxy) is 2. The van der Waals surface area contributed by atoms with E-state index in [2.05, 4.69) is 79.2 Å². The summed E-state index contributed by atoms with van der Waals surface area (Å²) in [5.41, 5.74) is 11.1. The van der Waals surface area contributed by atoms with Gasteiger partial charge in [0.05, 0.1) is 14.2 Å². The third-order valence-electron chi connectivity index (χ3n) is 8.85. The number of allylic oxidation sites excluding steroid dienone is 2. The summed E-state index contributed by atoms with van der Waals surface area (Å²) in [5, 5.41) is 3.16. The summed E-state index contributed by atoms with van der Waals surface area (Å²) in [5.74, 6) is 4.44. The van der Waals surface area contributed by atoms with E-state index in [0.29, 0.717) is 5.25 Å². The van der Waals surface area contributed by atoms with Crippen molar-refractivity contribution in [2.75, 3.05) is 25.7 Å². The Hall–Kier alpha value is -1.78. The van der Waals surface area contributed by atoms with Crippen LogP contribution in [-0.2, 0) is 18.3 Å². The van der Waals surface area contributed by atoms with Crippen molar-refractivity contribution in [3.63, 3.8) is 0 Å². The van der Waals surface area contributed by atoms with Crippen LogP contribution >= 0.6 is 23.5 Å². The molecule has 4 heteroatoms. The van der Waals surface area contributed by atoms with E-state index in [1.807, 2.05) is 0 Å². The fourth-order valence-electron chi connectivity index (χ4n) is 6.76. The fourth-order valence-corrected chi connectivity index (χ4v) is 9.48. The summed E-state index contributed by atoms with van der Waals surface area (Å²) < 4.78 is 11.3. The van der Waals surface area contributed by atoms with E-state index in [1.165, 1.54) is 66.7 Å². The molecule has 3 aliphatic carbocycles. The molecule has 3 aliphatic rings. The molecule has 2 atom stereocenters. The van der Waals surface area contributed by atoms with Gasteiger partial charge in [-0.1, -0.05) is 50.0 Å². The Morgan fingerprint density at radius 2 is 1.58 bits per heavy atom. The molecule has 38 heavy (non-hydrogen) atoms. The summed E-state index contributed by atoms with van der Waals surface area (Å²) in [7, 11) is 3.58. The van der Waals surface area contributed by atoms with Crippen LogP contribution < -0.4 is 9.47 Å². The molecule has 0 amide bonds. The van der Waals surface area contributed by atoms with Crippen molar-refractivity contribution < 1.29 is 9.47 Å². The quantitative estimate of drug-likeness (QED) is 0.275. The lowest BCUT2D eigenvalue weighted by molar-refractivity contribution is 0.404. The molecule has 0 aromatic heterocycles. The van der Waals surface area contributed by atoms with Gasteiger partial charge in [-0.15, -0.1) is 11.8 Å². The number of benzene rings is 2. The highest BCUT2D eigenvalue weighted by atomic mass is 32.2. The van der Waals surface area contributed by atoms with Crippen molar-refractivity contribution in [2.24, 2.45) is 0 Å². The Morgan fingerprint density at radius 3 is 2.34 bits per heavy atom. The van der Waals surface area contributed by atoms with Crippen LogP contribution in [0.25, 0.3) is 5.57 Å². The number of thioether (sulfide) groups is 2. The number of hydrogen-bond donors (Lipinski definition) is 0. The molecule has 2 aromatic rings. The second-order valence-corrected chi connectivity index (χ2v) is 13.4. The van der Waals surface area contributed by atoms with Gasteiger partial charge in [0.1, 0.15) is 11.5 Å². The van der Waals surface area contributed by atoms with Crippen molar-refractivity contribution in [3.05, 3.63) is 75.2 Å². The lowest BCUT2D eigenvalue weighted by Crippen LogP contribution is -2.41. The Balaban J connectivity index is 1.63. The van der Waals surface area contributed by atoms with Gasteiger partial charge in [-0.3, -0.25) is 0 Å². The molecule has 2 nitrogen and oxygen atoms in total. The lowest BCUT2D eigenvalue weighted by atomic mass is 9.57. The Morgan fingerprint density at radius 1 is 0.868 bits per heavy atom. The first-order valence-corrected chi connectivity index (χ1v) is 16.7. The molecule has 0 heterocycles. The van der Waals surface area contributed by atoms with Crippen LogP contribution in [0.4, 0.5) is 0 Å². The molecule has 0 radical (unpaired) electrons. The van der Waals surface area contributed by atoms with Crippen LogP contribution in [0.3, 0.4) is 0 Å². The van der Waals surface area contributed by atoms with Gasteiger partial charge in [0.15, 0.2) is 0 Å². The molecule has 0 saturated carbocycles. The lowest BCUT2D eigenvalue weighted by Gasteiger charge is -2.49. The minimum atomic E-state index is 0.0658. The highest BCUT2D eigenvalue weighted by molar-refractivity contribution is 8.02. The predicted molar refractivity (Wildman–Crippen MR) is 167 cm³/mol. The first-order chi connectivity index (χ1) is 18.6. The van der Waals surface area contributed by atoms with E-state index in [9.17, 15) is 0 Å². The minimum Gasteiger partial charge on any atom is -0.497 e. The number of unbranched alkanes of at least 4 members (excludes halogenated alkanes) is 2. The van der Waals surface area contributed by atoms with Crippen LogP contribution in [0.15, 0.2) is 53.0 Å². The molecule has 0 bridgehead atoms. The SMILES string of the molecule is CCCCS/C=C1\CCc2cc(OC)ccc2[C@@]12CC1=C(CCc3cc(OC)ccc31)[C@@H](SCCCC)C2. The highest BCUT2D eigenvalue weighted by Crippen LogP contribution is 2.58. The molecule has 0 fully saturated rings. The van der Waals surface area contributed by atoms with Gasteiger partial charge in [0.2, 0.25) is 0 Å². The second-order valence-electron chi connectivity index (χ2n) is 11.1. The van der Waals surface area contributed by atoms with Crippen molar-refractivity contribution in [3.8, 4) is 11.5 Å². The largest absolute Gasteiger partial charge is 0.497 e. The average Bonchev–Trinajstić information content (AvgIpc) is 2.95. The van der Waals surface area contributed by atoms with Gasteiger partial charge in [-0.25, -0.2) is 0 Å². The third kappa shape index (κ3) is 5.45. The number of hydrogen-bond acceptors (Lipinski definition) is 4. The van der Waals surface area contributed by atoms with Crippen molar-refractivity contribution in [2.45, 2.75) is 88.7 Å². The average molecular weight is 549 g/mol. The standard InChI is InChI=1S/C34H44O2S2/c1-5-7-17-37-23-26-11-9-25-20-28(36-4)13-16-32(25)34(26)21-31-29-15-12-27(35-3)19-24(29)10-14-30(31)33(22-34)38-18-8-6-2/h12-13,15-16,19-20,23,33H,5-11,14,17-18,21-22H2,1-4H3/b26-23+/t33-,34+/m0/s1. The molecule has 2 aromatic carbocycles. The Labute approximate surface area is 239 Å². The van der Waals surface area contributed by atoms with Crippen LogP contribution in [-0.4, -0.2) is 31.0 Å². The van der Waals surface area contributed by atoms with Crippen molar-refractivity contribution >= 4 is 29.1 Å². The number of methoxy groups -OCH3 is 2. The molecule has 5 rings (SSSR count). The van der Waals surface area contributed by atoms with Gasteiger partial charge in [-0.05, 0) is 120 Å². The maximum atomic E-state index is 5.67. The molecule has 0 saturated heterocycles. The fraction of sp³-hybridized carbons (Fsp3) is 0.529. The smallest absolute Gasteiger partial charge is 0.119 e. The van der Waals surface area contributed by atoms with Crippen LogP contribution in [0.2, 0.25) is 0 Å². The molecule has 1 spiro atoms. The maximum absolute atomic E-state index is 5.67. The van der Waals surface area contributed by atoms with Crippen molar-refractivity contribution in [1.29, 1.82) is 0 Å². The molecule has 0 unspecified atom stereocenters. The van der Waals surface area contributed by atoms with Gasteiger partial charge in [0.25, 0.3) is 0 Å². The minimum absolute atomic E-state index is 0.0658. The maximum Gasteiger partial charge on any atom is 0.119 e. The number of fused-ring (bicyclic) bond motifs is 4. The number of aryl methyl sites for hydroxylation is 2. The zero-order valence-electron chi connectivity index (χ0n) is 23.7. The first-order valence-electron chi connectivity index (χ1n) is 14.6. The molecule has 204 valence electrons. The summed E-state index contributed by atoms with van der Waals surface area (Å²) >= 11 is 4.28. The summed E-state index contributed by atoms with van der Waals surface area (Å²) in [4.78, 5) is 0. The molecule has 0 N–H and O–H groups in total. The first kappa shape index (κ1) is 27.8. The third-order valence-corrected chi connectivity index (χ3v) is 11.2. The van der Waals surface area contributed by atoms with Crippen LogP contribution in [0, 0.1) is 0 Å². The molecule has 0 aliphatic heterocycles. The van der Waals surface area contributed by atoms with E-state index in [1.54, 1.807) is 36.5 Å². The van der Waals surface area contributed by atoms with Crippen LogP contribution in [0.1, 0.15) is 87.5 Å². The van der Waals surface area contributed by atoms with E-state index < -0.39 is 0 Å². The van der Waals surface area contributed by atoms with Gasteiger partial charge < -0.3 is 9.47 Å². The van der Waals surface area contributed by atoms with Gasteiger partial charge in [-0.2, -0.15) is 11.8 Å². The second kappa shape index (κ2) is 12.6. The zero-order chi connectivity index (χ0) is 26.5. The topological polar surface area (TPSA) is 18.5 Å². The van der Waals surface area contributed by atoms with Gasteiger partial charge >= 0.3 is 0 Å². The zero-order valence-corrected chi connectivity index (χ0v) is 25.4. The van der Waals surface area contributed by atoms with Crippen LogP contribution in [0.5, 0.6) is 11.5 Å². The van der Waals surface area contributed by atoms with Crippen molar-refractivity contribution in [1.82, 2.24) is 0 Å². The highest BCUT2D eigenvalue weighted by Gasteiger charge is 2.47. The molecular weight excluding hydrogens is 505 g/mol. The predicted octanol–water partition coefficient (Wildman–Crippen LogP) is 9.40. The monoisotopic (exact) mass is 548 g/mol. The summed E-state index contributed by atoms with van der Waals surface area (Å²) in [6.07, 6.45) is 12.0. The summed E-state index contributed by atoms with van der Waals surface area (Å²) in [6, 6.07) is 13.8. The van der Waals surface area contributed by atoms with Gasteiger partial charge in [0, 0.05) is 10.7 Å². The normalized spacial score (nSPS) is 23.3. The van der Waals surface area contributed by atoms with E-state index in [4.69, 9.17) is 9.47 Å². The Kier molecular flexibility index (Phi) is 9.21. The number of rotatable bonds is 10. The van der Waals surface area contributed by atoms with E-state index in [-0.39, 0.29) is 5.41 Å².